The van der Waals surface area contributed by atoms with Gasteiger partial charge in [-0.05, 0) is 38.5 Å². The molecule has 356 valence electrons. The molecular weight excluding hydrogens is 768 g/mol. The van der Waals surface area contributed by atoms with Gasteiger partial charge in [0, 0.05) is 6.42 Å². The van der Waals surface area contributed by atoms with E-state index in [2.05, 4.69) is 43.5 Å². The van der Waals surface area contributed by atoms with E-state index in [1.54, 1.807) is 0 Å². The van der Waals surface area contributed by atoms with Crippen LogP contribution in [0.4, 0.5) is 0 Å². The lowest BCUT2D eigenvalue weighted by Crippen LogP contribution is -2.46. The van der Waals surface area contributed by atoms with Crippen LogP contribution in [0.15, 0.2) is 24.3 Å². The Morgan fingerprint density at radius 1 is 0.583 bits per heavy atom. The third-order valence-corrected chi connectivity index (χ3v) is 12.7. The highest BCUT2D eigenvalue weighted by Crippen LogP contribution is 2.38. The Hall–Kier alpha value is -1.02. The van der Waals surface area contributed by atoms with Crippen LogP contribution in [0.2, 0.25) is 0 Å². The Morgan fingerprint density at radius 3 is 1.38 bits per heavy atom. The number of nitrogens with one attached hydrogen (secondary N) is 1. The predicted octanol–water partition coefficient (Wildman–Crippen LogP) is 14.2. The molecule has 2 N–H and O–H groups in total. The van der Waals surface area contributed by atoms with Gasteiger partial charge >= 0.3 is 0 Å². The lowest BCUT2D eigenvalue weighted by atomic mass is 10.0. The molecule has 0 aromatic carbocycles. The van der Waals surface area contributed by atoms with Gasteiger partial charge < -0.3 is 28.8 Å². The molecule has 8 nitrogen and oxygen atoms in total. The van der Waals surface area contributed by atoms with E-state index in [1.165, 1.54) is 167 Å². The maximum absolute atomic E-state index is 12.9. The van der Waals surface area contributed by atoms with E-state index in [0.717, 1.165) is 51.4 Å². The van der Waals surface area contributed by atoms with Gasteiger partial charge in [0.1, 0.15) is 13.2 Å². The number of phosphoric acid groups is 1. The highest BCUT2D eigenvalue weighted by molar-refractivity contribution is 7.45. The van der Waals surface area contributed by atoms with Crippen molar-refractivity contribution in [3.8, 4) is 0 Å². The van der Waals surface area contributed by atoms with E-state index in [4.69, 9.17) is 9.05 Å². The topological polar surface area (TPSA) is 108 Å². The van der Waals surface area contributed by atoms with E-state index in [1.807, 2.05) is 21.1 Å². The Labute approximate surface area is 373 Å². The summed E-state index contributed by atoms with van der Waals surface area (Å²) in [5.74, 6) is -0.174. The number of amides is 1. The first kappa shape index (κ1) is 59.0. The van der Waals surface area contributed by atoms with Crippen LogP contribution in [0.25, 0.3) is 0 Å². The molecule has 0 fully saturated rings. The van der Waals surface area contributed by atoms with E-state index in [0.29, 0.717) is 23.9 Å². The lowest BCUT2D eigenvalue weighted by molar-refractivity contribution is -0.870. The number of hydrogen-bond acceptors (Lipinski definition) is 6. The molecule has 0 spiro atoms. The molecule has 1 amide bonds. The molecule has 0 aromatic heterocycles. The molecule has 9 heteroatoms. The van der Waals surface area contributed by atoms with Crippen LogP contribution in [-0.2, 0) is 18.4 Å². The second kappa shape index (κ2) is 43.2. The van der Waals surface area contributed by atoms with Crippen molar-refractivity contribution in [3.63, 3.8) is 0 Å². The predicted molar refractivity (Wildman–Crippen MR) is 256 cm³/mol. The van der Waals surface area contributed by atoms with E-state index >= 15 is 0 Å². The van der Waals surface area contributed by atoms with Gasteiger partial charge in [-0.2, -0.15) is 0 Å². The fraction of sp³-hybridized carbons (Fsp3) is 0.902. The van der Waals surface area contributed by atoms with E-state index in [-0.39, 0.29) is 19.1 Å². The van der Waals surface area contributed by atoms with Crippen molar-refractivity contribution in [2.24, 2.45) is 0 Å². The fourth-order valence-electron chi connectivity index (χ4n) is 7.62. The average Bonchev–Trinajstić information content (AvgIpc) is 3.20. The molecule has 3 atom stereocenters. The van der Waals surface area contributed by atoms with E-state index in [9.17, 15) is 19.4 Å². The second-order valence-corrected chi connectivity index (χ2v) is 20.3. The summed E-state index contributed by atoms with van der Waals surface area (Å²) < 4.78 is 23.3. The molecule has 0 rings (SSSR count). The number of unbranched alkanes of at least 4 members (excludes halogenated alkanes) is 31. The first-order valence-corrected chi connectivity index (χ1v) is 27.2. The zero-order chi connectivity index (χ0) is 44.3. The van der Waals surface area contributed by atoms with Crippen LogP contribution < -0.4 is 10.2 Å². The van der Waals surface area contributed by atoms with E-state index < -0.39 is 20.0 Å². The van der Waals surface area contributed by atoms with Gasteiger partial charge in [0.05, 0.1) is 39.9 Å². The third-order valence-electron chi connectivity index (χ3n) is 11.7. The number of nitrogens with zero attached hydrogens (tertiary/aromatic N) is 1. The largest absolute Gasteiger partial charge is 0.756 e. The molecule has 3 unspecified atom stereocenters. The molecule has 0 saturated carbocycles. The van der Waals surface area contributed by atoms with Gasteiger partial charge in [0.2, 0.25) is 5.91 Å². The number of aliphatic hydroxyl groups excluding tert-OH is 1. The minimum atomic E-state index is -4.57. The van der Waals surface area contributed by atoms with Crippen molar-refractivity contribution in [2.75, 3.05) is 40.9 Å². The first-order chi connectivity index (χ1) is 29.0. The fourth-order valence-corrected chi connectivity index (χ4v) is 8.34. The molecule has 0 heterocycles. The SMILES string of the molecule is CCCCC/C=C\C=C/CCCCCCCCC(=O)NC(COP(=O)([O-])OCC[N+](C)(C)C)C(O)CCCCCCCCCCCCCCCCCCCCCCCCC. The normalized spacial score (nSPS) is 14.3. The quantitative estimate of drug-likeness (QED) is 0.0273. The number of hydrogen-bond donors (Lipinski definition) is 2. The number of carbonyl (C=O) groups is 1. The van der Waals surface area contributed by atoms with Crippen molar-refractivity contribution in [1.29, 1.82) is 0 Å². The highest BCUT2D eigenvalue weighted by atomic mass is 31.2. The molecule has 0 aliphatic carbocycles. The van der Waals surface area contributed by atoms with Crippen LogP contribution in [-0.4, -0.2) is 68.5 Å². The zero-order valence-corrected chi connectivity index (χ0v) is 41.3. The second-order valence-electron chi connectivity index (χ2n) is 18.9. The number of carbonyl (C=O) groups excluding carboxylic acids is 1. The maximum Gasteiger partial charge on any atom is 0.268 e. The maximum atomic E-state index is 12.9. The Bertz CT molecular complexity index is 1030. The van der Waals surface area contributed by atoms with Gasteiger partial charge in [0.15, 0.2) is 0 Å². The summed E-state index contributed by atoms with van der Waals surface area (Å²) in [4.78, 5) is 25.4. The summed E-state index contributed by atoms with van der Waals surface area (Å²) in [7, 11) is 1.30. The van der Waals surface area contributed by atoms with Crippen LogP contribution in [0.1, 0.15) is 245 Å². The van der Waals surface area contributed by atoms with Crippen LogP contribution in [0, 0.1) is 0 Å². The van der Waals surface area contributed by atoms with Crippen molar-refractivity contribution < 1.29 is 32.9 Å². The number of phosphoric ester groups is 1. The van der Waals surface area contributed by atoms with Gasteiger partial charge in [-0.15, -0.1) is 0 Å². The number of quaternary nitrogens is 1. The number of allylic oxidation sites excluding steroid dienone is 4. The Balaban J connectivity index is 4.22. The minimum absolute atomic E-state index is 0.0105. The number of rotatable bonds is 47. The van der Waals surface area contributed by atoms with Crippen molar-refractivity contribution in [3.05, 3.63) is 24.3 Å². The van der Waals surface area contributed by atoms with Crippen molar-refractivity contribution in [2.45, 2.75) is 257 Å². The summed E-state index contributed by atoms with van der Waals surface area (Å²) in [6.45, 7) is 4.70. The molecule has 0 bridgehead atoms. The summed E-state index contributed by atoms with van der Waals surface area (Å²) in [5, 5.41) is 14.0. The minimum Gasteiger partial charge on any atom is -0.756 e. The lowest BCUT2D eigenvalue weighted by Gasteiger charge is -2.30. The Kier molecular flexibility index (Phi) is 42.5. The summed E-state index contributed by atoms with van der Waals surface area (Å²) in [6.07, 6.45) is 51.9. The first-order valence-electron chi connectivity index (χ1n) is 25.7. The van der Waals surface area contributed by atoms with Crippen molar-refractivity contribution >= 4 is 13.7 Å². The molecule has 60 heavy (non-hydrogen) atoms. The standard InChI is InChI=1S/C51H101N2O6P/c1-6-8-10-12-14-16-18-20-22-23-24-25-26-27-28-29-31-32-34-36-38-40-42-44-50(54)49(48-59-60(56,57)58-47-46-53(3,4)5)52-51(55)45-43-41-39-37-35-33-30-21-19-17-15-13-11-9-7-2/h15,17,19,21,49-50,54H,6-14,16,18,20,22-48H2,1-5H3,(H-,52,55,56,57)/b17-15-,21-19-. The van der Waals surface area contributed by atoms with Crippen LogP contribution in [0.5, 0.6) is 0 Å². The molecular formula is C51H101N2O6P. The van der Waals surface area contributed by atoms with Crippen LogP contribution in [0.3, 0.4) is 0 Å². The Morgan fingerprint density at radius 2 is 0.950 bits per heavy atom. The monoisotopic (exact) mass is 869 g/mol. The summed E-state index contributed by atoms with van der Waals surface area (Å²) in [6, 6.07) is -0.805. The highest BCUT2D eigenvalue weighted by Gasteiger charge is 2.24. The third kappa shape index (κ3) is 45.0. The van der Waals surface area contributed by atoms with Gasteiger partial charge in [-0.25, -0.2) is 0 Å². The average molecular weight is 869 g/mol. The summed E-state index contributed by atoms with van der Waals surface area (Å²) >= 11 is 0. The van der Waals surface area contributed by atoms with Gasteiger partial charge in [0.25, 0.3) is 7.82 Å². The molecule has 0 radical (unpaired) electrons. The van der Waals surface area contributed by atoms with Gasteiger partial charge in [-0.3, -0.25) is 9.36 Å². The molecule has 0 aliphatic rings. The van der Waals surface area contributed by atoms with Crippen LogP contribution >= 0.6 is 7.82 Å². The number of aliphatic hydroxyl groups is 1. The smallest absolute Gasteiger partial charge is 0.268 e. The number of likely N-dealkylation sites (N-methyl/N-ethyl adjacent to an activating group) is 1. The zero-order valence-electron chi connectivity index (χ0n) is 40.4. The van der Waals surface area contributed by atoms with Gasteiger partial charge in [-0.1, -0.05) is 224 Å². The summed E-state index contributed by atoms with van der Waals surface area (Å²) in [5.41, 5.74) is 0. The molecule has 0 aliphatic heterocycles. The molecule has 0 aromatic rings. The van der Waals surface area contributed by atoms with Crippen molar-refractivity contribution in [1.82, 2.24) is 5.32 Å². The molecule has 0 saturated heterocycles.